The average Bonchev–Trinajstić information content (AvgIpc) is 3.64. The number of benzene rings is 1. The van der Waals surface area contributed by atoms with Gasteiger partial charge in [0.1, 0.15) is 5.82 Å². The van der Waals surface area contributed by atoms with Crippen molar-refractivity contribution in [3.05, 3.63) is 48.5 Å². The Balaban J connectivity index is 1.21. The highest BCUT2D eigenvalue weighted by atomic mass is 19.3. The molecule has 3 saturated heterocycles. The van der Waals surface area contributed by atoms with Crippen LogP contribution in [0.15, 0.2) is 42.7 Å². The van der Waals surface area contributed by atoms with Crippen LogP contribution in [0.4, 0.5) is 14.7 Å². The number of anilines is 1. The van der Waals surface area contributed by atoms with E-state index in [2.05, 4.69) is 15.0 Å². The number of carbonyl (C=O) groups excluding carboxylic acids is 2. The van der Waals surface area contributed by atoms with Gasteiger partial charge in [-0.05, 0) is 37.0 Å². The molecule has 0 radical (unpaired) electrons. The number of alkyl halides is 2. The molecule has 1 aromatic carbocycles. The van der Waals surface area contributed by atoms with E-state index in [4.69, 9.17) is 9.47 Å². The Morgan fingerprint density at radius 3 is 2.69 bits per heavy atom. The first-order valence-corrected chi connectivity index (χ1v) is 14.2. The summed E-state index contributed by atoms with van der Waals surface area (Å²) in [5.74, 6) is 0.228. The Bertz CT molecular complexity index is 1490. The van der Waals surface area contributed by atoms with Crippen molar-refractivity contribution in [3.8, 4) is 11.7 Å². The molecule has 1 unspecified atom stereocenters. The second-order valence-electron chi connectivity index (χ2n) is 10.8. The molecule has 222 valence electrons. The molecule has 0 saturated carbocycles. The highest BCUT2D eigenvalue weighted by Crippen LogP contribution is 2.30. The van der Waals surface area contributed by atoms with Crippen molar-refractivity contribution in [2.75, 3.05) is 57.9 Å². The molecular formula is C29H33F2N7O4. The van der Waals surface area contributed by atoms with Crippen LogP contribution in [0.25, 0.3) is 16.9 Å². The number of nitrogens with zero attached hydrogens (tertiary/aromatic N) is 7. The third kappa shape index (κ3) is 5.78. The number of hydrogen-bond acceptors (Lipinski definition) is 8. The molecule has 2 amide bonds. The number of likely N-dealkylation sites (tertiary alicyclic amines) is 2. The summed E-state index contributed by atoms with van der Waals surface area (Å²) < 4.78 is 40.9. The first kappa shape index (κ1) is 28.0. The van der Waals surface area contributed by atoms with E-state index in [1.165, 1.54) is 16.9 Å². The molecule has 0 aliphatic carbocycles. The van der Waals surface area contributed by atoms with Crippen LogP contribution in [0.3, 0.4) is 0 Å². The van der Waals surface area contributed by atoms with E-state index in [1.807, 2.05) is 15.9 Å². The third-order valence-corrected chi connectivity index (χ3v) is 8.07. The number of aromatic nitrogens is 4. The second-order valence-corrected chi connectivity index (χ2v) is 10.8. The van der Waals surface area contributed by atoms with Crippen molar-refractivity contribution in [3.63, 3.8) is 0 Å². The molecule has 3 aliphatic heterocycles. The number of halogens is 2. The van der Waals surface area contributed by atoms with Crippen LogP contribution in [0, 0.1) is 11.8 Å². The van der Waals surface area contributed by atoms with E-state index in [9.17, 15) is 18.4 Å². The number of morpholine rings is 1. The Labute approximate surface area is 241 Å². The molecule has 2 atom stereocenters. The average molecular weight is 582 g/mol. The zero-order valence-electron chi connectivity index (χ0n) is 23.4. The normalized spacial score (nSPS) is 21.7. The topological polar surface area (TPSA) is 106 Å². The van der Waals surface area contributed by atoms with Crippen molar-refractivity contribution in [2.24, 2.45) is 11.8 Å². The predicted molar refractivity (Wildman–Crippen MR) is 149 cm³/mol. The van der Waals surface area contributed by atoms with E-state index in [-0.39, 0.29) is 41.8 Å². The number of ether oxygens (including phenoxy) is 2. The third-order valence-electron chi connectivity index (χ3n) is 8.07. The molecule has 5 heterocycles. The highest BCUT2D eigenvalue weighted by Gasteiger charge is 2.34. The molecule has 0 N–H and O–H groups in total. The minimum atomic E-state index is -2.82. The summed E-state index contributed by atoms with van der Waals surface area (Å²) >= 11 is 0. The monoisotopic (exact) mass is 581 g/mol. The van der Waals surface area contributed by atoms with E-state index < -0.39 is 12.2 Å². The van der Waals surface area contributed by atoms with E-state index in [0.29, 0.717) is 69.3 Å². The molecule has 3 aliphatic rings. The van der Waals surface area contributed by atoms with Gasteiger partial charge < -0.3 is 24.2 Å². The lowest BCUT2D eigenvalue weighted by Gasteiger charge is -2.30. The number of para-hydroxylation sites is 2. The highest BCUT2D eigenvalue weighted by molar-refractivity contribution is 5.87. The molecule has 11 nitrogen and oxygen atoms in total. The summed E-state index contributed by atoms with van der Waals surface area (Å²) in [6.45, 7) is 3.88. The Hall–Kier alpha value is -4.13. The number of imidazole rings is 1. The van der Waals surface area contributed by atoms with E-state index >= 15 is 0 Å². The lowest BCUT2D eigenvalue weighted by molar-refractivity contribution is -0.143. The van der Waals surface area contributed by atoms with Crippen LogP contribution in [0.5, 0.6) is 5.88 Å². The maximum Gasteiger partial charge on any atom is 0.296 e. The Morgan fingerprint density at radius 1 is 1.10 bits per heavy atom. The minimum absolute atomic E-state index is 0.00803. The van der Waals surface area contributed by atoms with Gasteiger partial charge in [-0.1, -0.05) is 12.1 Å². The van der Waals surface area contributed by atoms with Crippen LogP contribution >= 0.6 is 0 Å². The smallest absolute Gasteiger partial charge is 0.296 e. The van der Waals surface area contributed by atoms with Crippen molar-refractivity contribution < 1.29 is 27.8 Å². The number of rotatable bonds is 7. The number of carbonyl (C=O) groups is 2. The first-order valence-electron chi connectivity index (χ1n) is 14.2. The van der Waals surface area contributed by atoms with Crippen molar-refractivity contribution in [2.45, 2.75) is 25.7 Å². The number of fused-ring (bicyclic) bond motifs is 1. The SMILES string of the molecule is CN1CCC(C(=O)N2CC[C@H](/C=C/Oc3cc(-n4c(C(F)F)nc5ccccc54)nc(N4CCOCC4)n3)C2)CC1=O. The van der Waals surface area contributed by atoms with Crippen LogP contribution < -0.4 is 9.64 Å². The van der Waals surface area contributed by atoms with Crippen molar-refractivity contribution >= 4 is 28.8 Å². The van der Waals surface area contributed by atoms with Gasteiger partial charge in [-0.25, -0.2) is 13.8 Å². The first-order chi connectivity index (χ1) is 20.4. The van der Waals surface area contributed by atoms with Crippen molar-refractivity contribution in [1.82, 2.24) is 29.3 Å². The van der Waals surface area contributed by atoms with Gasteiger partial charge >= 0.3 is 0 Å². The molecule has 0 bridgehead atoms. The zero-order chi connectivity index (χ0) is 29.2. The standard InChI is InChI=1S/C29H33F2N7O4/c1-35-9-7-20(16-25(35)39)28(40)37-10-6-19(18-37)8-13-42-24-17-23(33-29(34-24)36-11-14-41-15-12-36)38-22-5-3-2-4-21(22)32-27(38)26(30)31/h2-5,8,13,17,19-20,26H,6-7,9-12,14-16,18H2,1H3/b13-8+/t19-,20?/m1/s1. The zero-order valence-corrected chi connectivity index (χ0v) is 23.4. The predicted octanol–water partition coefficient (Wildman–Crippen LogP) is 3.20. The van der Waals surface area contributed by atoms with Gasteiger partial charge in [-0.3, -0.25) is 14.2 Å². The summed E-state index contributed by atoms with van der Waals surface area (Å²) in [7, 11) is 1.76. The fraction of sp³-hybridized carbons (Fsp3) is 0.483. The molecule has 3 fully saturated rings. The van der Waals surface area contributed by atoms with Gasteiger partial charge in [-0.15, -0.1) is 0 Å². The van der Waals surface area contributed by atoms with Crippen LogP contribution in [0.1, 0.15) is 31.5 Å². The fourth-order valence-electron chi connectivity index (χ4n) is 5.69. The summed E-state index contributed by atoms with van der Waals surface area (Å²) in [4.78, 5) is 43.9. The molecule has 42 heavy (non-hydrogen) atoms. The molecule has 13 heteroatoms. The van der Waals surface area contributed by atoms with Crippen LogP contribution in [-0.2, 0) is 14.3 Å². The molecule has 2 aromatic heterocycles. The maximum atomic E-state index is 14.1. The maximum absolute atomic E-state index is 14.1. The van der Waals surface area contributed by atoms with Crippen LogP contribution in [-0.4, -0.2) is 94.1 Å². The van der Waals surface area contributed by atoms with E-state index in [0.717, 1.165) is 6.42 Å². The van der Waals surface area contributed by atoms with Crippen molar-refractivity contribution in [1.29, 1.82) is 0 Å². The number of piperidine rings is 1. The van der Waals surface area contributed by atoms with Gasteiger partial charge in [0, 0.05) is 58.2 Å². The second kappa shape index (κ2) is 12.0. The van der Waals surface area contributed by atoms with Gasteiger partial charge in [0.05, 0.1) is 30.5 Å². The van der Waals surface area contributed by atoms with Gasteiger partial charge in [0.2, 0.25) is 23.6 Å². The largest absolute Gasteiger partial charge is 0.447 e. The Kier molecular flexibility index (Phi) is 8.00. The lowest BCUT2D eigenvalue weighted by Crippen LogP contribution is -2.43. The van der Waals surface area contributed by atoms with E-state index in [1.54, 1.807) is 36.2 Å². The summed E-state index contributed by atoms with van der Waals surface area (Å²) in [6, 6.07) is 8.44. The summed E-state index contributed by atoms with van der Waals surface area (Å²) in [5, 5.41) is 0. The molecule has 0 spiro atoms. The molecule has 3 aromatic rings. The molecule has 6 rings (SSSR count). The van der Waals surface area contributed by atoms with Gasteiger partial charge in [0.25, 0.3) is 6.43 Å². The quantitative estimate of drug-likeness (QED) is 0.392. The van der Waals surface area contributed by atoms with Gasteiger partial charge in [-0.2, -0.15) is 9.97 Å². The lowest BCUT2D eigenvalue weighted by atomic mass is 9.95. The summed E-state index contributed by atoms with van der Waals surface area (Å²) in [5.41, 5.74) is 0.939. The summed E-state index contributed by atoms with van der Waals surface area (Å²) in [6.07, 6.45) is 2.33. The Morgan fingerprint density at radius 2 is 1.90 bits per heavy atom. The fourth-order valence-corrected chi connectivity index (χ4v) is 5.69. The van der Waals surface area contributed by atoms with Crippen LogP contribution in [0.2, 0.25) is 0 Å². The minimum Gasteiger partial charge on any atom is -0.447 e. The molecular weight excluding hydrogens is 548 g/mol. The van der Waals surface area contributed by atoms with Gasteiger partial charge in [0.15, 0.2) is 5.82 Å². The number of amides is 2. The number of hydrogen-bond donors (Lipinski definition) is 0.